The highest BCUT2D eigenvalue weighted by Crippen LogP contribution is 2.28. The van der Waals surface area contributed by atoms with Crippen molar-refractivity contribution in [1.82, 2.24) is 29.8 Å². The smallest absolute Gasteiger partial charge is 0.446 e. The second kappa shape index (κ2) is 7.52. The summed E-state index contributed by atoms with van der Waals surface area (Å²) in [5, 5.41) is 10.7. The van der Waals surface area contributed by atoms with Gasteiger partial charge in [0.2, 0.25) is 5.82 Å². The standard InChI is InChI=1S/C20H15FN6O4/c21-13-7-5-12(6-8-13)9-26-11-22-17(24-26)19(28)23-14-10-30-16-4-2-1-3-15(16)27-18(14)25-31-20(27)29/h1-8,11,14H,9-10H2,(H,23,28)/t14-/m0/s1. The molecule has 5 rings (SSSR count). The second-order valence-electron chi connectivity index (χ2n) is 6.84. The quantitative estimate of drug-likeness (QED) is 0.529. The lowest BCUT2D eigenvalue weighted by molar-refractivity contribution is 0.0908. The first-order valence-electron chi connectivity index (χ1n) is 9.34. The Morgan fingerprint density at radius 2 is 2.00 bits per heavy atom. The molecule has 0 radical (unpaired) electrons. The number of carbonyl (C=O) groups excluding carboxylic acids is 1. The van der Waals surface area contributed by atoms with Crippen LogP contribution in [0.25, 0.3) is 5.69 Å². The summed E-state index contributed by atoms with van der Waals surface area (Å²) in [6.45, 7) is 0.357. The number of nitrogens with one attached hydrogen (secondary N) is 1. The molecular weight excluding hydrogens is 407 g/mol. The highest BCUT2D eigenvalue weighted by Gasteiger charge is 2.30. The zero-order valence-electron chi connectivity index (χ0n) is 15.9. The lowest BCUT2D eigenvalue weighted by Gasteiger charge is -2.13. The number of carbonyl (C=O) groups is 1. The summed E-state index contributed by atoms with van der Waals surface area (Å²) in [4.78, 5) is 28.9. The Kier molecular flexibility index (Phi) is 4.54. The number of amides is 1. The molecule has 0 aliphatic carbocycles. The predicted octanol–water partition coefficient (Wildman–Crippen LogP) is 1.47. The highest BCUT2D eigenvalue weighted by atomic mass is 19.1. The summed E-state index contributed by atoms with van der Waals surface area (Å²) in [7, 11) is 0. The van der Waals surface area contributed by atoms with Gasteiger partial charge in [-0.2, -0.15) is 0 Å². The van der Waals surface area contributed by atoms with Gasteiger partial charge in [-0.15, -0.1) is 5.10 Å². The van der Waals surface area contributed by atoms with Crippen molar-refractivity contribution in [3.8, 4) is 11.4 Å². The summed E-state index contributed by atoms with van der Waals surface area (Å²) in [6, 6.07) is 12.1. The molecular formula is C20H15FN6O4. The summed E-state index contributed by atoms with van der Waals surface area (Å²) in [5.41, 5.74) is 1.28. The molecule has 11 heteroatoms. The summed E-state index contributed by atoms with van der Waals surface area (Å²) in [6.07, 6.45) is 1.41. The number of aromatic nitrogens is 5. The molecule has 1 aliphatic rings. The van der Waals surface area contributed by atoms with Crippen molar-refractivity contribution in [2.45, 2.75) is 12.6 Å². The van der Waals surface area contributed by atoms with Crippen molar-refractivity contribution in [3.63, 3.8) is 0 Å². The number of ether oxygens (including phenoxy) is 1. The van der Waals surface area contributed by atoms with Crippen LogP contribution in [0.4, 0.5) is 4.39 Å². The zero-order valence-corrected chi connectivity index (χ0v) is 15.9. The van der Waals surface area contributed by atoms with Gasteiger partial charge in [-0.1, -0.05) is 29.4 Å². The van der Waals surface area contributed by atoms with Crippen molar-refractivity contribution in [3.05, 3.63) is 88.4 Å². The van der Waals surface area contributed by atoms with Gasteiger partial charge in [0.05, 0.1) is 12.2 Å². The van der Waals surface area contributed by atoms with Crippen molar-refractivity contribution in [2.75, 3.05) is 6.61 Å². The predicted molar refractivity (Wildman–Crippen MR) is 103 cm³/mol. The molecule has 156 valence electrons. The van der Waals surface area contributed by atoms with Crippen LogP contribution in [0.2, 0.25) is 0 Å². The second-order valence-corrected chi connectivity index (χ2v) is 6.84. The van der Waals surface area contributed by atoms with Crippen LogP contribution in [0.3, 0.4) is 0 Å². The molecule has 0 saturated carbocycles. The molecule has 1 N–H and O–H groups in total. The Morgan fingerprint density at radius 3 is 2.84 bits per heavy atom. The first kappa shape index (κ1) is 18.7. The minimum atomic E-state index is -0.768. The molecule has 1 amide bonds. The van der Waals surface area contributed by atoms with E-state index < -0.39 is 17.7 Å². The van der Waals surface area contributed by atoms with Crippen molar-refractivity contribution < 1.29 is 18.4 Å². The van der Waals surface area contributed by atoms with Crippen molar-refractivity contribution in [1.29, 1.82) is 0 Å². The third-order valence-electron chi connectivity index (χ3n) is 4.75. The van der Waals surface area contributed by atoms with Gasteiger partial charge in [-0.05, 0) is 29.8 Å². The lowest BCUT2D eigenvalue weighted by atomic mass is 10.2. The number of halogens is 1. The monoisotopic (exact) mass is 422 g/mol. The molecule has 0 fully saturated rings. The Balaban J connectivity index is 1.36. The average molecular weight is 422 g/mol. The largest absolute Gasteiger partial charge is 0.489 e. The van der Waals surface area contributed by atoms with Crippen LogP contribution in [0.5, 0.6) is 5.75 Å². The fraction of sp³-hybridized carbons (Fsp3) is 0.150. The molecule has 31 heavy (non-hydrogen) atoms. The Morgan fingerprint density at radius 1 is 1.19 bits per heavy atom. The number of rotatable bonds is 4. The maximum absolute atomic E-state index is 13.0. The fourth-order valence-corrected chi connectivity index (χ4v) is 3.29. The molecule has 0 unspecified atom stereocenters. The van der Waals surface area contributed by atoms with Crippen LogP contribution < -0.4 is 15.8 Å². The minimum absolute atomic E-state index is 0.0328. The Labute approximate surface area is 173 Å². The van der Waals surface area contributed by atoms with E-state index in [2.05, 4.69) is 20.6 Å². The summed E-state index contributed by atoms with van der Waals surface area (Å²) in [5.74, 6) is -0.988. The number of fused-ring (bicyclic) bond motifs is 3. The third kappa shape index (κ3) is 3.56. The van der Waals surface area contributed by atoms with Gasteiger partial charge in [-0.3, -0.25) is 9.32 Å². The van der Waals surface area contributed by atoms with Gasteiger partial charge in [0.1, 0.15) is 30.5 Å². The van der Waals surface area contributed by atoms with E-state index in [0.29, 0.717) is 18.0 Å². The van der Waals surface area contributed by atoms with E-state index in [9.17, 15) is 14.0 Å². The van der Waals surface area contributed by atoms with Crippen LogP contribution in [0.15, 0.2) is 64.2 Å². The number of hydrogen-bond donors (Lipinski definition) is 1. The van der Waals surface area contributed by atoms with Crippen LogP contribution in [-0.2, 0) is 6.54 Å². The molecule has 0 spiro atoms. The molecule has 4 aromatic rings. The maximum Gasteiger partial charge on any atom is 0.446 e. The number of para-hydroxylation sites is 2. The van der Waals surface area contributed by atoms with Crippen molar-refractivity contribution in [2.24, 2.45) is 0 Å². The lowest BCUT2D eigenvalue weighted by Crippen LogP contribution is -2.34. The van der Waals surface area contributed by atoms with Crippen LogP contribution in [-0.4, -0.2) is 37.0 Å². The molecule has 3 heterocycles. The first-order valence-corrected chi connectivity index (χ1v) is 9.34. The number of hydrogen-bond acceptors (Lipinski definition) is 7. The Bertz CT molecular complexity index is 1310. The van der Waals surface area contributed by atoms with Crippen LogP contribution >= 0.6 is 0 Å². The first-order chi connectivity index (χ1) is 15.1. The summed E-state index contributed by atoms with van der Waals surface area (Å²) < 4.78 is 26.3. The normalized spacial score (nSPS) is 14.8. The van der Waals surface area contributed by atoms with E-state index in [-0.39, 0.29) is 24.1 Å². The van der Waals surface area contributed by atoms with Gasteiger partial charge < -0.3 is 10.1 Å². The van der Waals surface area contributed by atoms with Gasteiger partial charge in [0, 0.05) is 0 Å². The SMILES string of the molecule is O=C(N[C@H]1COc2ccccc2-n2c1noc2=O)c1ncn(Cc2ccc(F)cc2)n1. The molecule has 0 bridgehead atoms. The van der Waals surface area contributed by atoms with Gasteiger partial charge in [0.25, 0.3) is 5.91 Å². The maximum atomic E-state index is 13.0. The fourth-order valence-electron chi connectivity index (χ4n) is 3.29. The minimum Gasteiger partial charge on any atom is -0.489 e. The van der Waals surface area contributed by atoms with Gasteiger partial charge >= 0.3 is 5.76 Å². The Hall–Kier alpha value is -4.28. The van der Waals surface area contributed by atoms with E-state index in [1.165, 1.54) is 27.7 Å². The van der Waals surface area contributed by atoms with Crippen LogP contribution in [0, 0.1) is 5.82 Å². The molecule has 0 saturated heterocycles. The van der Waals surface area contributed by atoms with Gasteiger partial charge in [0.15, 0.2) is 5.82 Å². The molecule has 2 aromatic heterocycles. The number of nitrogens with zero attached hydrogens (tertiary/aromatic N) is 5. The van der Waals surface area contributed by atoms with E-state index in [1.807, 2.05) is 0 Å². The van der Waals surface area contributed by atoms with Crippen molar-refractivity contribution >= 4 is 5.91 Å². The molecule has 1 atom stereocenters. The van der Waals surface area contributed by atoms with Crippen LogP contribution in [0.1, 0.15) is 28.0 Å². The molecule has 10 nitrogen and oxygen atoms in total. The summed E-state index contributed by atoms with van der Waals surface area (Å²) >= 11 is 0. The van der Waals surface area contributed by atoms with Gasteiger partial charge in [-0.25, -0.2) is 23.4 Å². The highest BCUT2D eigenvalue weighted by molar-refractivity contribution is 5.90. The van der Waals surface area contributed by atoms with E-state index >= 15 is 0 Å². The molecule has 1 aliphatic heterocycles. The van der Waals surface area contributed by atoms with E-state index in [0.717, 1.165) is 5.56 Å². The molecule has 2 aromatic carbocycles. The average Bonchev–Trinajstić information content (AvgIpc) is 3.36. The zero-order chi connectivity index (χ0) is 21.4. The third-order valence-corrected chi connectivity index (χ3v) is 4.75. The number of benzene rings is 2. The topological polar surface area (TPSA) is 117 Å². The van der Waals surface area contributed by atoms with E-state index in [4.69, 9.17) is 9.26 Å². The van der Waals surface area contributed by atoms with E-state index in [1.54, 1.807) is 36.4 Å².